The Hall–Kier alpha value is -1.93. The minimum atomic E-state index is -4.24. The molecule has 8 heteroatoms. The molecule has 1 rings (SSSR count). The van der Waals surface area contributed by atoms with Crippen LogP contribution in [0, 0.1) is 6.92 Å². The van der Waals surface area contributed by atoms with E-state index in [0.717, 1.165) is 5.56 Å². The smallest absolute Gasteiger partial charge is 0.328 e. The molecule has 1 aromatic rings. The molecule has 0 heterocycles. The Bertz CT molecular complexity index is 640. The summed E-state index contributed by atoms with van der Waals surface area (Å²) in [7, 11) is -4.24. The summed E-state index contributed by atoms with van der Waals surface area (Å²) in [5.41, 5.74) is 1.10. The molecule has 1 amide bonds. The van der Waals surface area contributed by atoms with Gasteiger partial charge in [-0.25, -0.2) is 4.79 Å². The number of aryl methyl sites for hydroxylation is 1. The Labute approximate surface area is 129 Å². The Kier molecular flexibility index (Phi) is 6.51. The summed E-state index contributed by atoms with van der Waals surface area (Å²) in [6.45, 7) is 3.44. The van der Waals surface area contributed by atoms with Crippen LogP contribution in [0.4, 0.5) is 0 Å². The molecule has 0 fully saturated rings. The van der Waals surface area contributed by atoms with E-state index >= 15 is 0 Å². The highest BCUT2D eigenvalue weighted by Crippen LogP contribution is 2.08. The second-order valence-corrected chi connectivity index (χ2v) is 6.24. The average molecular weight is 329 g/mol. The fourth-order valence-electron chi connectivity index (χ4n) is 1.82. The molecule has 0 unspecified atom stereocenters. The van der Waals surface area contributed by atoms with E-state index in [1.165, 1.54) is 0 Å². The minimum absolute atomic E-state index is 0.0987. The van der Waals surface area contributed by atoms with Crippen molar-refractivity contribution in [3.05, 3.63) is 35.4 Å². The van der Waals surface area contributed by atoms with Crippen LogP contribution in [-0.4, -0.2) is 43.2 Å². The van der Waals surface area contributed by atoms with E-state index in [-0.39, 0.29) is 13.0 Å². The van der Waals surface area contributed by atoms with Gasteiger partial charge in [-0.3, -0.25) is 9.35 Å². The van der Waals surface area contributed by atoms with Gasteiger partial charge < -0.3 is 10.1 Å². The van der Waals surface area contributed by atoms with Gasteiger partial charge in [0.05, 0.1) is 12.4 Å². The van der Waals surface area contributed by atoms with Gasteiger partial charge in [0.15, 0.2) is 0 Å². The molecule has 0 spiro atoms. The van der Waals surface area contributed by atoms with Crippen molar-refractivity contribution in [1.29, 1.82) is 0 Å². The Morgan fingerprint density at radius 2 is 1.95 bits per heavy atom. The van der Waals surface area contributed by atoms with Crippen molar-refractivity contribution in [2.75, 3.05) is 12.4 Å². The maximum absolute atomic E-state index is 12.2. The lowest BCUT2D eigenvalue weighted by atomic mass is 10.1. The summed E-state index contributed by atoms with van der Waals surface area (Å²) in [4.78, 5) is 24.0. The van der Waals surface area contributed by atoms with Crippen LogP contribution in [0.15, 0.2) is 24.3 Å². The number of carbonyl (C=O) groups excluding carboxylic acids is 2. The molecule has 1 aromatic carbocycles. The number of benzene rings is 1. The second kappa shape index (κ2) is 7.90. The highest BCUT2D eigenvalue weighted by molar-refractivity contribution is 7.85. The third kappa shape index (κ3) is 5.82. The van der Waals surface area contributed by atoms with Crippen molar-refractivity contribution < 1.29 is 27.3 Å². The van der Waals surface area contributed by atoms with Crippen LogP contribution in [-0.2, 0) is 19.6 Å². The van der Waals surface area contributed by atoms with Gasteiger partial charge in [-0.05, 0) is 31.9 Å². The molecule has 0 saturated heterocycles. The standard InChI is InChI=1S/C14H19NO6S/c1-3-21-14(17)12(8-9-22(18,19)20)15-13(16)11-7-5-4-6-10(11)2/h4-7,12H,3,8-9H2,1-2H3,(H,15,16)(H,18,19,20)/t12-/m0/s1. The number of rotatable bonds is 7. The molecule has 0 aliphatic carbocycles. The molecule has 0 radical (unpaired) electrons. The molecule has 1 atom stereocenters. The van der Waals surface area contributed by atoms with Gasteiger partial charge in [0, 0.05) is 5.56 Å². The molecule has 0 saturated carbocycles. The topological polar surface area (TPSA) is 110 Å². The minimum Gasteiger partial charge on any atom is -0.464 e. The molecule has 0 aliphatic heterocycles. The van der Waals surface area contributed by atoms with E-state index in [9.17, 15) is 18.0 Å². The average Bonchev–Trinajstić information content (AvgIpc) is 2.42. The molecule has 0 aromatic heterocycles. The monoisotopic (exact) mass is 329 g/mol. The highest BCUT2D eigenvalue weighted by atomic mass is 32.2. The number of hydrogen-bond acceptors (Lipinski definition) is 5. The summed E-state index contributed by atoms with van der Waals surface area (Å²) < 4.78 is 35.2. The summed E-state index contributed by atoms with van der Waals surface area (Å²) in [6, 6.07) is 5.64. The van der Waals surface area contributed by atoms with Crippen LogP contribution < -0.4 is 5.32 Å². The SMILES string of the molecule is CCOC(=O)[C@H](CCS(=O)(=O)O)NC(=O)c1ccccc1C. The molecular formula is C14H19NO6S. The van der Waals surface area contributed by atoms with Crippen LogP contribution in [0.25, 0.3) is 0 Å². The van der Waals surface area contributed by atoms with Gasteiger partial charge >= 0.3 is 5.97 Å². The number of carbonyl (C=O) groups is 2. The van der Waals surface area contributed by atoms with Crippen LogP contribution in [0.2, 0.25) is 0 Å². The van der Waals surface area contributed by atoms with Crippen LogP contribution in [0.3, 0.4) is 0 Å². The molecular weight excluding hydrogens is 310 g/mol. The van der Waals surface area contributed by atoms with Crippen molar-refractivity contribution in [3.63, 3.8) is 0 Å². The zero-order valence-electron chi connectivity index (χ0n) is 12.4. The first-order chi connectivity index (χ1) is 10.2. The lowest BCUT2D eigenvalue weighted by molar-refractivity contribution is -0.145. The van der Waals surface area contributed by atoms with Crippen molar-refractivity contribution in [2.45, 2.75) is 26.3 Å². The maximum atomic E-state index is 12.2. The van der Waals surface area contributed by atoms with E-state index in [0.29, 0.717) is 5.56 Å². The van der Waals surface area contributed by atoms with Gasteiger partial charge in [-0.2, -0.15) is 8.42 Å². The van der Waals surface area contributed by atoms with E-state index < -0.39 is 33.8 Å². The van der Waals surface area contributed by atoms with Gasteiger partial charge in [-0.1, -0.05) is 18.2 Å². The zero-order chi connectivity index (χ0) is 16.8. The number of amides is 1. The molecule has 0 bridgehead atoms. The van der Waals surface area contributed by atoms with E-state index in [2.05, 4.69) is 5.32 Å². The predicted molar refractivity (Wildman–Crippen MR) is 80.1 cm³/mol. The highest BCUT2D eigenvalue weighted by Gasteiger charge is 2.25. The number of ether oxygens (including phenoxy) is 1. The summed E-state index contributed by atoms with van der Waals surface area (Å²) in [5, 5.41) is 2.44. The Balaban J connectivity index is 2.85. The van der Waals surface area contributed by atoms with Crippen LogP contribution in [0.5, 0.6) is 0 Å². The van der Waals surface area contributed by atoms with Crippen LogP contribution >= 0.6 is 0 Å². The number of hydrogen-bond donors (Lipinski definition) is 2. The van der Waals surface area contributed by atoms with E-state index in [1.54, 1.807) is 38.1 Å². The van der Waals surface area contributed by atoms with Crippen molar-refractivity contribution in [1.82, 2.24) is 5.32 Å². The number of nitrogens with one attached hydrogen (secondary N) is 1. The summed E-state index contributed by atoms with van der Waals surface area (Å²) in [6.07, 6.45) is -0.269. The lowest BCUT2D eigenvalue weighted by Crippen LogP contribution is -2.43. The van der Waals surface area contributed by atoms with Crippen molar-refractivity contribution >= 4 is 22.0 Å². The first-order valence-corrected chi connectivity index (χ1v) is 8.33. The molecule has 22 heavy (non-hydrogen) atoms. The first-order valence-electron chi connectivity index (χ1n) is 6.73. The fourth-order valence-corrected chi connectivity index (χ4v) is 2.36. The van der Waals surface area contributed by atoms with Gasteiger partial charge in [-0.15, -0.1) is 0 Å². The third-order valence-electron chi connectivity index (χ3n) is 2.93. The maximum Gasteiger partial charge on any atom is 0.328 e. The summed E-state index contributed by atoms with van der Waals surface area (Å²) in [5.74, 6) is -1.90. The summed E-state index contributed by atoms with van der Waals surface area (Å²) >= 11 is 0. The van der Waals surface area contributed by atoms with Gasteiger partial charge in [0.25, 0.3) is 16.0 Å². The Morgan fingerprint density at radius 3 is 2.50 bits per heavy atom. The molecule has 7 nitrogen and oxygen atoms in total. The fraction of sp³-hybridized carbons (Fsp3) is 0.429. The van der Waals surface area contributed by atoms with Gasteiger partial charge in [0.2, 0.25) is 0 Å². The predicted octanol–water partition coefficient (Wildman–Crippen LogP) is 0.934. The molecule has 0 aliphatic rings. The van der Waals surface area contributed by atoms with Gasteiger partial charge in [0.1, 0.15) is 6.04 Å². The quantitative estimate of drug-likeness (QED) is 0.569. The number of esters is 1. The van der Waals surface area contributed by atoms with Crippen molar-refractivity contribution in [3.8, 4) is 0 Å². The lowest BCUT2D eigenvalue weighted by Gasteiger charge is -2.17. The zero-order valence-corrected chi connectivity index (χ0v) is 13.2. The molecule has 2 N–H and O–H groups in total. The largest absolute Gasteiger partial charge is 0.464 e. The van der Waals surface area contributed by atoms with Crippen LogP contribution in [0.1, 0.15) is 29.3 Å². The second-order valence-electron chi connectivity index (χ2n) is 4.67. The van der Waals surface area contributed by atoms with Crippen molar-refractivity contribution in [2.24, 2.45) is 0 Å². The van der Waals surface area contributed by atoms with E-state index in [1.807, 2.05) is 0 Å². The Morgan fingerprint density at radius 1 is 1.32 bits per heavy atom. The first kappa shape index (κ1) is 18.1. The van der Waals surface area contributed by atoms with E-state index in [4.69, 9.17) is 9.29 Å². The molecule has 122 valence electrons. The third-order valence-corrected chi connectivity index (χ3v) is 3.68. The normalized spacial score (nSPS) is 12.5.